The summed E-state index contributed by atoms with van der Waals surface area (Å²) in [5.74, 6) is -0.118. The summed E-state index contributed by atoms with van der Waals surface area (Å²) >= 11 is 0. The summed E-state index contributed by atoms with van der Waals surface area (Å²) in [7, 11) is 0. The van der Waals surface area contributed by atoms with Crippen LogP contribution in [0.25, 0.3) is 0 Å². The van der Waals surface area contributed by atoms with Gasteiger partial charge in [-0.1, -0.05) is 66.7 Å². The lowest BCUT2D eigenvalue weighted by Gasteiger charge is -2.25. The summed E-state index contributed by atoms with van der Waals surface area (Å²) < 4.78 is 0. The number of Topliss-reactive ketones (excluding diaryl/α,β-unsaturated/α-hetero) is 2. The Hall–Kier alpha value is -3.72. The molecule has 0 N–H and O–H groups in total. The Labute approximate surface area is 177 Å². The molecule has 3 nitrogen and oxygen atoms in total. The predicted octanol–water partition coefficient (Wildman–Crippen LogP) is 6.05. The Kier molecular flexibility index (Phi) is 5.44. The van der Waals surface area contributed by atoms with Gasteiger partial charge in [-0.15, -0.1) is 0 Å². The maximum Gasteiger partial charge on any atom is 0.190 e. The van der Waals surface area contributed by atoms with Crippen molar-refractivity contribution in [3.05, 3.63) is 125 Å². The number of allylic oxidation sites excluding steroid dienone is 2. The smallest absolute Gasteiger partial charge is 0.190 e. The normalized spacial score (nSPS) is 13.5. The summed E-state index contributed by atoms with van der Waals surface area (Å²) in [4.78, 5) is 28.3. The largest absolute Gasteiger partial charge is 0.323 e. The first-order valence-electron chi connectivity index (χ1n) is 9.99. The lowest BCUT2D eigenvalue weighted by Crippen LogP contribution is -2.21. The average Bonchev–Trinajstić information content (AvgIpc) is 2.78. The summed E-state index contributed by atoms with van der Waals surface area (Å²) in [5.41, 5.74) is 5.64. The third-order valence-corrected chi connectivity index (χ3v) is 5.13. The highest BCUT2D eigenvalue weighted by molar-refractivity contribution is 6.14. The van der Waals surface area contributed by atoms with Crippen molar-refractivity contribution < 1.29 is 9.59 Å². The van der Waals surface area contributed by atoms with E-state index < -0.39 is 0 Å². The number of nitrogens with zero attached hydrogens (tertiary/aromatic N) is 1. The van der Waals surface area contributed by atoms with Crippen molar-refractivity contribution in [1.29, 1.82) is 0 Å². The molecule has 1 aliphatic rings. The van der Waals surface area contributed by atoms with Crippen LogP contribution in [0, 0.1) is 13.8 Å². The van der Waals surface area contributed by atoms with E-state index in [0.29, 0.717) is 28.7 Å². The molecule has 3 aromatic carbocycles. The van der Waals surface area contributed by atoms with Crippen LogP contribution >= 0.6 is 0 Å². The number of benzene rings is 3. The van der Waals surface area contributed by atoms with Crippen LogP contribution in [0.15, 0.2) is 102 Å². The van der Waals surface area contributed by atoms with Crippen molar-refractivity contribution in [2.75, 3.05) is 4.90 Å². The van der Waals surface area contributed by atoms with Gasteiger partial charge in [0.05, 0.1) is 0 Å². The number of hydrogen-bond donors (Lipinski definition) is 0. The number of ketones is 2. The van der Waals surface area contributed by atoms with Crippen LogP contribution in [0.5, 0.6) is 0 Å². The molecule has 0 atom stereocenters. The molecule has 0 aliphatic carbocycles. The fourth-order valence-electron chi connectivity index (χ4n) is 3.75. The van der Waals surface area contributed by atoms with Crippen LogP contribution in [0.3, 0.4) is 0 Å². The molecule has 0 unspecified atom stereocenters. The van der Waals surface area contributed by atoms with Crippen LogP contribution in [-0.2, 0) is 0 Å². The maximum absolute atomic E-state index is 13.2. The van der Waals surface area contributed by atoms with Crippen molar-refractivity contribution in [1.82, 2.24) is 0 Å². The van der Waals surface area contributed by atoms with Gasteiger partial charge in [0.2, 0.25) is 0 Å². The minimum atomic E-state index is -0.0589. The van der Waals surface area contributed by atoms with E-state index in [1.54, 1.807) is 24.3 Å². The summed E-state index contributed by atoms with van der Waals surface area (Å²) in [5, 5.41) is 0. The third kappa shape index (κ3) is 4.15. The molecule has 0 fully saturated rings. The molecule has 0 bridgehead atoms. The van der Waals surface area contributed by atoms with E-state index >= 15 is 0 Å². The number of carbonyl (C=O) groups excluding carboxylic acids is 2. The number of anilines is 1. The van der Waals surface area contributed by atoms with Gasteiger partial charge >= 0.3 is 0 Å². The van der Waals surface area contributed by atoms with Gasteiger partial charge in [0.15, 0.2) is 11.6 Å². The molecule has 0 aromatic heterocycles. The second kappa shape index (κ2) is 8.34. The molecule has 0 spiro atoms. The first kappa shape index (κ1) is 19.6. The molecule has 4 rings (SSSR count). The third-order valence-electron chi connectivity index (χ3n) is 5.13. The van der Waals surface area contributed by atoms with E-state index in [9.17, 15) is 9.59 Å². The molecular weight excluding hydrogens is 370 g/mol. The van der Waals surface area contributed by atoms with Gasteiger partial charge in [-0.3, -0.25) is 9.59 Å². The van der Waals surface area contributed by atoms with Crippen molar-refractivity contribution >= 4 is 17.3 Å². The van der Waals surface area contributed by atoms with Gasteiger partial charge < -0.3 is 4.90 Å². The Morgan fingerprint density at radius 2 is 1.10 bits per heavy atom. The zero-order valence-corrected chi connectivity index (χ0v) is 17.1. The molecule has 0 amide bonds. The van der Waals surface area contributed by atoms with E-state index in [1.165, 1.54) is 0 Å². The summed E-state index contributed by atoms with van der Waals surface area (Å²) in [6.07, 6.45) is 4.01. The SMILES string of the molecule is Cc1cc(C)cc(N2C=C(C(=O)c3ccccc3)CC(C(=O)c3ccccc3)=C2)c1. The minimum absolute atomic E-state index is 0.0589. The minimum Gasteiger partial charge on any atom is -0.323 e. The number of carbonyl (C=O) groups is 2. The molecule has 148 valence electrons. The second-order valence-corrected chi connectivity index (χ2v) is 7.63. The van der Waals surface area contributed by atoms with Crippen LogP contribution < -0.4 is 4.90 Å². The number of aryl methyl sites for hydroxylation is 2. The van der Waals surface area contributed by atoms with Crippen molar-refractivity contribution in [3.8, 4) is 0 Å². The lowest BCUT2D eigenvalue weighted by molar-refractivity contribution is 0.102. The predicted molar refractivity (Wildman–Crippen MR) is 121 cm³/mol. The fourth-order valence-corrected chi connectivity index (χ4v) is 3.75. The van der Waals surface area contributed by atoms with Crippen LogP contribution in [0.2, 0.25) is 0 Å². The topological polar surface area (TPSA) is 37.4 Å². The second-order valence-electron chi connectivity index (χ2n) is 7.63. The van der Waals surface area contributed by atoms with E-state index in [0.717, 1.165) is 16.8 Å². The molecule has 30 heavy (non-hydrogen) atoms. The first-order chi connectivity index (χ1) is 14.5. The monoisotopic (exact) mass is 393 g/mol. The van der Waals surface area contributed by atoms with Gasteiger partial charge in [0.25, 0.3) is 0 Å². The lowest BCUT2D eigenvalue weighted by atomic mass is 9.91. The molecular formula is C27H23NO2. The summed E-state index contributed by atoms with van der Waals surface area (Å²) in [6, 6.07) is 24.6. The Balaban J connectivity index is 1.77. The van der Waals surface area contributed by atoms with Gasteiger partial charge in [-0.05, 0) is 37.1 Å². The molecule has 0 saturated carbocycles. The van der Waals surface area contributed by atoms with Crippen LogP contribution in [0.1, 0.15) is 38.3 Å². The van der Waals surface area contributed by atoms with E-state index in [2.05, 4.69) is 18.2 Å². The van der Waals surface area contributed by atoms with Crippen molar-refractivity contribution in [2.45, 2.75) is 20.3 Å². The van der Waals surface area contributed by atoms with Crippen molar-refractivity contribution in [2.24, 2.45) is 0 Å². The van der Waals surface area contributed by atoms with E-state index in [-0.39, 0.29) is 11.6 Å². The van der Waals surface area contributed by atoms with E-state index in [1.807, 2.05) is 67.5 Å². The highest BCUT2D eigenvalue weighted by Crippen LogP contribution is 2.30. The van der Waals surface area contributed by atoms with E-state index in [4.69, 9.17) is 0 Å². The zero-order chi connectivity index (χ0) is 21.1. The molecule has 0 saturated heterocycles. The molecule has 0 radical (unpaired) electrons. The van der Waals surface area contributed by atoms with Crippen LogP contribution in [-0.4, -0.2) is 11.6 Å². The van der Waals surface area contributed by atoms with Gasteiger partial charge in [0, 0.05) is 46.8 Å². The van der Waals surface area contributed by atoms with Gasteiger partial charge in [0.1, 0.15) is 0 Å². The molecule has 3 heteroatoms. The average molecular weight is 393 g/mol. The van der Waals surface area contributed by atoms with Gasteiger partial charge in [-0.25, -0.2) is 0 Å². The Bertz CT molecular complexity index is 1070. The molecule has 1 aliphatic heterocycles. The van der Waals surface area contributed by atoms with Crippen molar-refractivity contribution in [3.63, 3.8) is 0 Å². The highest BCUT2D eigenvalue weighted by Gasteiger charge is 2.24. The number of rotatable bonds is 5. The maximum atomic E-state index is 13.2. The Morgan fingerprint density at radius 1 is 0.667 bits per heavy atom. The zero-order valence-electron chi connectivity index (χ0n) is 17.1. The molecule has 1 heterocycles. The number of hydrogen-bond acceptors (Lipinski definition) is 3. The van der Waals surface area contributed by atoms with Crippen LogP contribution in [0.4, 0.5) is 5.69 Å². The molecule has 3 aromatic rings. The van der Waals surface area contributed by atoms with Gasteiger partial charge in [-0.2, -0.15) is 0 Å². The quantitative estimate of drug-likeness (QED) is 0.495. The first-order valence-corrected chi connectivity index (χ1v) is 9.99. The standard InChI is InChI=1S/C27H23NO2/c1-19-13-20(2)15-25(14-19)28-17-23(26(29)21-9-5-3-6-10-21)16-24(18-28)27(30)22-11-7-4-8-12-22/h3-15,17-18H,16H2,1-2H3. The Morgan fingerprint density at radius 3 is 1.53 bits per heavy atom. The fraction of sp³-hybridized carbons (Fsp3) is 0.111. The highest BCUT2D eigenvalue weighted by atomic mass is 16.1. The summed E-state index contributed by atoms with van der Waals surface area (Å²) in [6.45, 7) is 4.08.